The van der Waals surface area contributed by atoms with Crippen molar-refractivity contribution in [1.82, 2.24) is 19.5 Å². The van der Waals surface area contributed by atoms with E-state index in [1.807, 2.05) is 11.5 Å². The summed E-state index contributed by atoms with van der Waals surface area (Å²) in [6.07, 6.45) is 1.78. The molecule has 1 saturated heterocycles. The summed E-state index contributed by atoms with van der Waals surface area (Å²) < 4.78 is 7.43. The average Bonchev–Trinajstić information content (AvgIpc) is 2.81. The van der Waals surface area contributed by atoms with Crippen LogP contribution in [0.3, 0.4) is 0 Å². The predicted molar refractivity (Wildman–Crippen MR) is 73.6 cm³/mol. The van der Waals surface area contributed by atoms with Gasteiger partial charge in [-0.3, -0.25) is 0 Å². The van der Waals surface area contributed by atoms with Crippen molar-refractivity contribution >= 4 is 28.6 Å². The first-order valence-electron chi connectivity index (χ1n) is 6.43. The zero-order valence-corrected chi connectivity index (χ0v) is 11.8. The summed E-state index contributed by atoms with van der Waals surface area (Å²) in [6, 6.07) is 0.259. The average molecular weight is 282 g/mol. The molecule has 0 radical (unpaired) electrons. The van der Waals surface area contributed by atoms with Crippen molar-refractivity contribution in [2.24, 2.45) is 0 Å². The third-order valence-electron chi connectivity index (χ3n) is 3.40. The summed E-state index contributed by atoms with van der Waals surface area (Å²) in [5.74, 6) is 0.804. The minimum absolute atomic E-state index is 0.259. The molecular weight excluding hydrogens is 266 g/mol. The van der Waals surface area contributed by atoms with E-state index in [9.17, 15) is 0 Å². The van der Waals surface area contributed by atoms with E-state index in [1.54, 1.807) is 6.33 Å². The van der Waals surface area contributed by atoms with Gasteiger partial charge < -0.3 is 14.2 Å². The Labute approximate surface area is 116 Å². The lowest BCUT2D eigenvalue weighted by Crippen LogP contribution is -2.44. The highest BCUT2D eigenvalue weighted by Crippen LogP contribution is 2.26. The van der Waals surface area contributed by atoms with Gasteiger partial charge in [-0.25, -0.2) is 4.98 Å². The van der Waals surface area contributed by atoms with Gasteiger partial charge in [-0.2, -0.15) is 9.97 Å². The highest BCUT2D eigenvalue weighted by Gasteiger charge is 2.24. The van der Waals surface area contributed by atoms with Crippen LogP contribution in [-0.4, -0.2) is 45.3 Å². The van der Waals surface area contributed by atoms with E-state index in [-0.39, 0.29) is 11.3 Å². The molecule has 1 aliphatic heterocycles. The highest BCUT2D eigenvalue weighted by atomic mass is 35.5. The van der Waals surface area contributed by atoms with Crippen LogP contribution in [0.5, 0.6) is 0 Å². The number of morpholine rings is 1. The van der Waals surface area contributed by atoms with Gasteiger partial charge in [0.05, 0.1) is 25.6 Å². The number of anilines is 1. The van der Waals surface area contributed by atoms with Gasteiger partial charge in [0, 0.05) is 13.1 Å². The molecule has 3 rings (SSSR count). The van der Waals surface area contributed by atoms with Crippen molar-refractivity contribution in [3.63, 3.8) is 0 Å². The van der Waals surface area contributed by atoms with E-state index in [0.717, 1.165) is 30.1 Å². The Hall–Kier alpha value is -1.40. The van der Waals surface area contributed by atoms with Crippen LogP contribution >= 0.6 is 11.6 Å². The summed E-state index contributed by atoms with van der Waals surface area (Å²) in [4.78, 5) is 15.3. The number of hydrogen-bond acceptors (Lipinski definition) is 5. The first-order chi connectivity index (χ1) is 9.20. The number of nitrogens with zero attached hydrogens (tertiary/aromatic N) is 5. The summed E-state index contributed by atoms with van der Waals surface area (Å²) in [5.41, 5.74) is 1.59. The second-order valence-electron chi connectivity index (χ2n) is 4.64. The van der Waals surface area contributed by atoms with Gasteiger partial charge in [0.2, 0.25) is 5.28 Å². The minimum atomic E-state index is 0.259. The second-order valence-corrected chi connectivity index (χ2v) is 4.97. The molecule has 7 heteroatoms. The van der Waals surface area contributed by atoms with Gasteiger partial charge in [0.1, 0.15) is 0 Å². The Bertz CT molecular complexity index is 599. The number of aromatic nitrogens is 4. The molecule has 19 heavy (non-hydrogen) atoms. The number of imidazole rings is 1. The molecule has 2 aromatic rings. The Morgan fingerprint density at radius 2 is 2.32 bits per heavy atom. The highest BCUT2D eigenvalue weighted by molar-refractivity contribution is 6.28. The van der Waals surface area contributed by atoms with E-state index in [2.05, 4.69) is 26.8 Å². The van der Waals surface area contributed by atoms with Gasteiger partial charge in [0.15, 0.2) is 17.0 Å². The van der Waals surface area contributed by atoms with Gasteiger partial charge in [-0.1, -0.05) is 0 Å². The smallest absolute Gasteiger partial charge is 0.226 e. The minimum Gasteiger partial charge on any atom is -0.377 e. The van der Waals surface area contributed by atoms with Crippen molar-refractivity contribution < 1.29 is 4.74 Å². The van der Waals surface area contributed by atoms with Gasteiger partial charge in [0.25, 0.3) is 0 Å². The first kappa shape index (κ1) is 12.6. The van der Waals surface area contributed by atoms with Crippen molar-refractivity contribution in [1.29, 1.82) is 0 Å². The van der Waals surface area contributed by atoms with Crippen LogP contribution in [0.4, 0.5) is 5.82 Å². The lowest BCUT2D eigenvalue weighted by atomic mass is 10.2. The molecule has 0 aliphatic carbocycles. The van der Waals surface area contributed by atoms with Crippen LogP contribution in [0, 0.1) is 0 Å². The van der Waals surface area contributed by atoms with Crippen molar-refractivity contribution in [3.8, 4) is 0 Å². The fraction of sp³-hybridized carbons (Fsp3) is 0.583. The molecular formula is C12H16ClN5O. The molecule has 0 saturated carbocycles. The fourth-order valence-corrected chi connectivity index (χ4v) is 2.54. The number of rotatable bonds is 2. The molecule has 0 amide bonds. The lowest BCUT2D eigenvalue weighted by molar-refractivity contribution is 0.0986. The van der Waals surface area contributed by atoms with E-state index < -0.39 is 0 Å². The Morgan fingerprint density at radius 3 is 3.05 bits per heavy atom. The van der Waals surface area contributed by atoms with Crippen LogP contribution in [0.15, 0.2) is 6.33 Å². The van der Waals surface area contributed by atoms with Gasteiger partial charge in [-0.15, -0.1) is 0 Å². The normalized spacial score (nSPS) is 20.2. The van der Waals surface area contributed by atoms with Gasteiger partial charge >= 0.3 is 0 Å². The molecule has 1 fully saturated rings. The number of hydrogen-bond donors (Lipinski definition) is 0. The molecule has 1 unspecified atom stereocenters. The number of ether oxygens (including phenoxy) is 1. The largest absolute Gasteiger partial charge is 0.377 e. The SMILES string of the molecule is CCn1cnc2c(N3CCOCC3C)nc(Cl)nc21. The third-order valence-corrected chi connectivity index (χ3v) is 3.57. The molecule has 3 heterocycles. The first-order valence-corrected chi connectivity index (χ1v) is 6.81. The monoisotopic (exact) mass is 281 g/mol. The molecule has 0 bridgehead atoms. The third kappa shape index (κ3) is 2.15. The molecule has 2 aromatic heterocycles. The van der Waals surface area contributed by atoms with E-state index in [0.29, 0.717) is 13.2 Å². The number of halogens is 1. The predicted octanol–water partition coefficient (Wildman–Crippen LogP) is 1.72. The maximum Gasteiger partial charge on any atom is 0.226 e. The van der Waals surface area contributed by atoms with Crippen LogP contribution in [0.25, 0.3) is 11.2 Å². The molecule has 0 aromatic carbocycles. The zero-order valence-electron chi connectivity index (χ0n) is 11.0. The molecule has 1 aliphatic rings. The Kier molecular flexibility index (Phi) is 3.28. The summed E-state index contributed by atoms with van der Waals surface area (Å²) in [5, 5.41) is 0.261. The van der Waals surface area contributed by atoms with Crippen molar-refractivity contribution in [2.45, 2.75) is 26.4 Å². The van der Waals surface area contributed by atoms with Crippen LogP contribution in [0.1, 0.15) is 13.8 Å². The van der Waals surface area contributed by atoms with Crippen molar-refractivity contribution in [2.75, 3.05) is 24.7 Å². The fourth-order valence-electron chi connectivity index (χ4n) is 2.38. The number of aryl methyl sites for hydroxylation is 1. The van der Waals surface area contributed by atoms with E-state index in [1.165, 1.54) is 0 Å². The van der Waals surface area contributed by atoms with Crippen LogP contribution in [-0.2, 0) is 11.3 Å². The molecule has 0 spiro atoms. The quantitative estimate of drug-likeness (QED) is 0.785. The maximum atomic E-state index is 6.06. The molecule has 102 valence electrons. The summed E-state index contributed by atoms with van der Waals surface area (Å²) >= 11 is 6.06. The lowest BCUT2D eigenvalue weighted by Gasteiger charge is -2.34. The van der Waals surface area contributed by atoms with E-state index >= 15 is 0 Å². The molecule has 6 nitrogen and oxygen atoms in total. The van der Waals surface area contributed by atoms with Gasteiger partial charge in [-0.05, 0) is 25.4 Å². The topological polar surface area (TPSA) is 56.1 Å². The molecule has 0 N–H and O–H groups in total. The summed E-state index contributed by atoms with van der Waals surface area (Å²) in [7, 11) is 0. The summed E-state index contributed by atoms with van der Waals surface area (Å²) in [6.45, 7) is 7.15. The molecule has 1 atom stereocenters. The maximum absolute atomic E-state index is 6.06. The van der Waals surface area contributed by atoms with Crippen molar-refractivity contribution in [3.05, 3.63) is 11.6 Å². The standard InChI is InChI=1S/C12H16ClN5O/c1-3-17-7-14-9-10(17)15-12(13)16-11(9)18-4-5-19-6-8(18)2/h7-8H,3-6H2,1-2H3. The van der Waals surface area contributed by atoms with Crippen LogP contribution in [0.2, 0.25) is 5.28 Å². The van der Waals surface area contributed by atoms with Crippen LogP contribution < -0.4 is 4.90 Å². The Morgan fingerprint density at radius 1 is 1.47 bits per heavy atom. The van der Waals surface area contributed by atoms with E-state index in [4.69, 9.17) is 16.3 Å². The zero-order chi connectivity index (χ0) is 13.4. The second kappa shape index (κ2) is 4.94. The number of fused-ring (bicyclic) bond motifs is 1. The Balaban J connectivity index is 2.14.